The number of aromatic nitrogens is 3. The van der Waals surface area contributed by atoms with E-state index < -0.39 is 0 Å². The first kappa shape index (κ1) is 18.2. The molecule has 2 amide bonds. The third-order valence-corrected chi connectivity index (χ3v) is 5.06. The van der Waals surface area contributed by atoms with Crippen LogP contribution in [0.3, 0.4) is 0 Å². The van der Waals surface area contributed by atoms with Crippen LogP contribution in [0.1, 0.15) is 36.5 Å². The van der Waals surface area contributed by atoms with E-state index in [1.54, 1.807) is 12.4 Å². The van der Waals surface area contributed by atoms with Crippen molar-refractivity contribution in [2.75, 3.05) is 13.1 Å². The molecule has 3 aromatic rings. The van der Waals surface area contributed by atoms with E-state index in [4.69, 9.17) is 4.52 Å². The lowest BCUT2D eigenvalue weighted by Gasteiger charge is -2.20. The van der Waals surface area contributed by atoms with Gasteiger partial charge in [-0.15, -0.1) is 0 Å². The highest BCUT2D eigenvalue weighted by molar-refractivity contribution is 5.92. The van der Waals surface area contributed by atoms with Crippen LogP contribution in [-0.2, 0) is 11.3 Å². The maximum Gasteiger partial charge on any atom is 0.273 e. The van der Waals surface area contributed by atoms with Gasteiger partial charge in [-0.05, 0) is 26.0 Å². The van der Waals surface area contributed by atoms with Gasteiger partial charge in [0.2, 0.25) is 5.91 Å². The van der Waals surface area contributed by atoms with Crippen molar-refractivity contribution in [2.45, 2.75) is 32.9 Å². The van der Waals surface area contributed by atoms with Crippen molar-refractivity contribution in [3.63, 3.8) is 0 Å². The number of amides is 2. The molecule has 3 heterocycles. The maximum absolute atomic E-state index is 12.4. The lowest BCUT2D eigenvalue weighted by Crippen LogP contribution is -2.34. The maximum atomic E-state index is 12.4. The Morgan fingerprint density at radius 1 is 1.36 bits per heavy atom. The first-order chi connectivity index (χ1) is 13.5. The Bertz CT molecular complexity index is 1010. The van der Waals surface area contributed by atoms with E-state index in [9.17, 15) is 9.59 Å². The normalized spacial score (nSPS) is 17.0. The molecule has 1 aliphatic rings. The monoisotopic (exact) mass is 381 g/mol. The van der Waals surface area contributed by atoms with Crippen LogP contribution in [-0.4, -0.2) is 50.6 Å². The average Bonchev–Trinajstić information content (AvgIpc) is 3.39. The van der Waals surface area contributed by atoms with E-state index in [1.807, 2.05) is 47.6 Å². The highest BCUT2D eigenvalue weighted by Crippen LogP contribution is 2.19. The summed E-state index contributed by atoms with van der Waals surface area (Å²) in [5.74, 6) is 0.560. The summed E-state index contributed by atoms with van der Waals surface area (Å²) < 4.78 is 7.27. The molecular weight excluding hydrogens is 358 g/mol. The lowest BCUT2D eigenvalue weighted by molar-refractivity contribution is -0.129. The second kappa shape index (κ2) is 7.46. The summed E-state index contributed by atoms with van der Waals surface area (Å²) in [7, 11) is 0. The van der Waals surface area contributed by atoms with Crippen molar-refractivity contribution in [3.8, 4) is 0 Å². The molecule has 2 aromatic heterocycles. The number of carbonyl (C=O) groups is 2. The van der Waals surface area contributed by atoms with Crippen LogP contribution >= 0.6 is 0 Å². The summed E-state index contributed by atoms with van der Waals surface area (Å²) in [4.78, 5) is 30.5. The molecule has 0 aliphatic carbocycles. The summed E-state index contributed by atoms with van der Waals surface area (Å²) in [6, 6.07) is 9.65. The number of fused-ring (bicyclic) bond motifs is 1. The van der Waals surface area contributed by atoms with Crippen molar-refractivity contribution >= 4 is 22.8 Å². The van der Waals surface area contributed by atoms with Crippen LogP contribution in [0.25, 0.3) is 11.0 Å². The van der Waals surface area contributed by atoms with Crippen LogP contribution < -0.4 is 5.32 Å². The molecule has 1 aromatic carbocycles. The second-order valence-corrected chi connectivity index (χ2v) is 7.46. The zero-order valence-electron chi connectivity index (χ0n) is 16.0. The Kier molecular flexibility index (Phi) is 4.85. The largest absolute Gasteiger partial charge is 0.359 e. The van der Waals surface area contributed by atoms with Gasteiger partial charge < -0.3 is 19.3 Å². The molecule has 8 heteroatoms. The SMILES string of the molecule is CC(C)N1C[C@@H](CNC(=O)c2cc(Cn3cnc4ccccc43)on2)CC1=O. The number of carbonyl (C=O) groups excluding carboxylic acids is 2. The Labute approximate surface area is 162 Å². The van der Waals surface area contributed by atoms with Gasteiger partial charge in [-0.2, -0.15) is 0 Å². The fourth-order valence-corrected chi connectivity index (χ4v) is 3.57. The lowest BCUT2D eigenvalue weighted by atomic mass is 10.1. The summed E-state index contributed by atoms with van der Waals surface area (Å²) in [6.07, 6.45) is 2.21. The van der Waals surface area contributed by atoms with Gasteiger partial charge in [0.25, 0.3) is 5.91 Å². The van der Waals surface area contributed by atoms with E-state index in [-0.39, 0.29) is 29.5 Å². The molecule has 28 heavy (non-hydrogen) atoms. The summed E-state index contributed by atoms with van der Waals surface area (Å²) in [6.45, 7) is 5.57. The van der Waals surface area contributed by atoms with Crippen molar-refractivity contribution in [3.05, 3.63) is 48.1 Å². The molecule has 146 valence electrons. The summed E-state index contributed by atoms with van der Waals surface area (Å²) in [5, 5.41) is 6.75. The fraction of sp³-hybridized carbons (Fsp3) is 0.400. The Morgan fingerprint density at radius 2 is 2.18 bits per heavy atom. The molecule has 1 atom stereocenters. The van der Waals surface area contributed by atoms with E-state index in [0.717, 1.165) is 11.0 Å². The molecule has 0 saturated carbocycles. The Morgan fingerprint density at radius 3 is 2.96 bits per heavy atom. The number of likely N-dealkylation sites (tertiary alicyclic amines) is 1. The highest BCUT2D eigenvalue weighted by Gasteiger charge is 2.31. The zero-order valence-corrected chi connectivity index (χ0v) is 16.0. The Hall–Kier alpha value is -3.16. The molecule has 4 rings (SSSR count). The van der Waals surface area contributed by atoms with Gasteiger partial charge in [-0.3, -0.25) is 9.59 Å². The number of nitrogens with one attached hydrogen (secondary N) is 1. The fourth-order valence-electron chi connectivity index (χ4n) is 3.57. The molecule has 1 N–H and O–H groups in total. The topological polar surface area (TPSA) is 93.3 Å². The van der Waals surface area contributed by atoms with Gasteiger partial charge in [0, 0.05) is 37.5 Å². The van der Waals surface area contributed by atoms with Crippen molar-refractivity contribution in [2.24, 2.45) is 5.92 Å². The minimum absolute atomic E-state index is 0.127. The molecule has 0 radical (unpaired) electrons. The molecule has 0 bridgehead atoms. The van der Waals surface area contributed by atoms with E-state index in [0.29, 0.717) is 31.8 Å². The minimum Gasteiger partial charge on any atom is -0.359 e. The van der Waals surface area contributed by atoms with E-state index in [2.05, 4.69) is 15.5 Å². The Balaban J connectivity index is 1.35. The zero-order chi connectivity index (χ0) is 19.7. The molecule has 8 nitrogen and oxygen atoms in total. The molecule has 1 saturated heterocycles. The summed E-state index contributed by atoms with van der Waals surface area (Å²) in [5.41, 5.74) is 2.14. The van der Waals surface area contributed by atoms with Crippen LogP contribution in [0, 0.1) is 5.92 Å². The van der Waals surface area contributed by atoms with Crippen LogP contribution in [0.15, 0.2) is 41.2 Å². The number of rotatable bonds is 6. The van der Waals surface area contributed by atoms with Gasteiger partial charge in [0.1, 0.15) is 0 Å². The van der Waals surface area contributed by atoms with E-state index in [1.165, 1.54) is 0 Å². The van der Waals surface area contributed by atoms with Crippen LogP contribution in [0.2, 0.25) is 0 Å². The molecule has 0 unspecified atom stereocenters. The minimum atomic E-state index is -0.291. The third kappa shape index (κ3) is 3.62. The standard InChI is InChI=1S/C20H23N5O3/c1-13(2)25-10-14(7-19(25)26)9-21-20(27)17-8-15(28-23-17)11-24-12-22-16-5-3-4-6-18(16)24/h3-6,8,12-14H,7,9-11H2,1-2H3,(H,21,27)/t14-/m1/s1. The van der Waals surface area contributed by atoms with Crippen molar-refractivity contribution in [1.29, 1.82) is 0 Å². The van der Waals surface area contributed by atoms with Gasteiger partial charge in [0.05, 0.1) is 23.9 Å². The van der Waals surface area contributed by atoms with Crippen molar-refractivity contribution < 1.29 is 14.1 Å². The third-order valence-electron chi connectivity index (χ3n) is 5.06. The number of hydrogen-bond donors (Lipinski definition) is 1. The van der Waals surface area contributed by atoms with Gasteiger partial charge in [-0.1, -0.05) is 17.3 Å². The number of benzene rings is 1. The average molecular weight is 381 g/mol. The number of imidazole rings is 1. The highest BCUT2D eigenvalue weighted by atomic mass is 16.5. The molecule has 1 aliphatic heterocycles. The predicted molar refractivity (Wildman–Crippen MR) is 103 cm³/mol. The quantitative estimate of drug-likeness (QED) is 0.705. The molecule has 0 spiro atoms. The smallest absolute Gasteiger partial charge is 0.273 e. The first-order valence-corrected chi connectivity index (χ1v) is 9.44. The van der Waals surface area contributed by atoms with Crippen LogP contribution in [0.4, 0.5) is 0 Å². The number of nitrogens with zero attached hydrogens (tertiary/aromatic N) is 4. The van der Waals surface area contributed by atoms with Gasteiger partial charge in [0.15, 0.2) is 11.5 Å². The van der Waals surface area contributed by atoms with Crippen molar-refractivity contribution in [1.82, 2.24) is 24.9 Å². The number of hydrogen-bond acceptors (Lipinski definition) is 5. The second-order valence-electron chi connectivity index (χ2n) is 7.46. The summed E-state index contributed by atoms with van der Waals surface area (Å²) >= 11 is 0. The number of para-hydroxylation sites is 2. The first-order valence-electron chi connectivity index (χ1n) is 9.44. The van der Waals surface area contributed by atoms with E-state index >= 15 is 0 Å². The van der Waals surface area contributed by atoms with Gasteiger partial charge >= 0.3 is 0 Å². The van der Waals surface area contributed by atoms with Crippen LogP contribution in [0.5, 0.6) is 0 Å². The predicted octanol–water partition coefficient (Wildman–Crippen LogP) is 2.06. The van der Waals surface area contributed by atoms with Gasteiger partial charge in [-0.25, -0.2) is 4.98 Å². The molecule has 1 fully saturated rings. The molecular formula is C20H23N5O3.